The Morgan fingerprint density at radius 2 is 0.922 bits per heavy atom. The maximum atomic E-state index is 12.6. The molecule has 0 fully saturated rings. The van der Waals surface area contributed by atoms with Gasteiger partial charge in [0, 0.05) is 39.2 Å². The normalized spacial score (nSPS) is 12.8. The lowest BCUT2D eigenvalue weighted by Gasteiger charge is -2.19. The number of anilines is 1. The maximum absolute atomic E-state index is 12.6. The molecule has 29 heteroatoms. The van der Waals surface area contributed by atoms with Gasteiger partial charge in [-0.25, -0.2) is 33.7 Å². The van der Waals surface area contributed by atoms with Gasteiger partial charge in [-0.3, -0.25) is 0 Å². The number of fused-ring (bicyclic) bond motifs is 6. The lowest BCUT2D eigenvalue weighted by atomic mass is 9.96. The molecule has 424 valence electrons. The van der Waals surface area contributed by atoms with Gasteiger partial charge < -0.3 is 56.5 Å². The fraction of sp³-hybridized carbons (Fsp3) is 0.396. The lowest BCUT2D eigenvalue weighted by Crippen LogP contribution is -2.27. The van der Waals surface area contributed by atoms with Crippen LogP contribution in [0.15, 0.2) is 96.5 Å². The molecule has 0 unspecified atom stereocenters. The molecule has 4 bridgehead atoms. The van der Waals surface area contributed by atoms with Crippen molar-refractivity contribution in [3.63, 3.8) is 0 Å². The third kappa shape index (κ3) is 21.4. The van der Waals surface area contributed by atoms with Crippen LogP contribution in [-0.2, 0) is 40.5 Å². The molecule has 0 radical (unpaired) electrons. The number of hydrogen-bond acceptors (Lipinski definition) is 19. The van der Waals surface area contributed by atoms with E-state index < -0.39 is 70.8 Å². The highest BCUT2D eigenvalue weighted by atomic mass is 32.2. The van der Waals surface area contributed by atoms with Crippen LogP contribution >= 0.6 is 0 Å². The standard InChI is InChI=1S/C32H26N8O13S4.4C4H12N/c1-15-22(40-39-17-12-21-19(27(13-17)57(51,52)53)5-3-7-25(21)55(45,46)47)14-23-28(29(15)35-32-37-30(33-8-9-41)36-31(34-23)38-32)16-10-20-18(26(11-16)56(48,49)50)4-2-6-24(20)54(42,43)44;4*1-5(2,3)4/h2-7,10-14,41H,8-9H2,1H3,(H,42,43,44)(H,45,46,47)(H,48,49,50)(H,51,52,53)(H3,33,34,35,36,37,38);4*1-4H3/q;4*+1/p-4. The maximum Gasteiger partial charge on any atom is 0.233 e. The van der Waals surface area contributed by atoms with Gasteiger partial charge in [0.05, 0.1) is 161 Å². The third-order valence-corrected chi connectivity index (χ3v) is 12.1. The van der Waals surface area contributed by atoms with E-state index in [1.165, 1.54) is 19.1 Å². The van der Waals surface area contributed by atoms with Crippen LogP contribution in [-0.4, -0.2) is 226 Å². The van der Waals surface area contributed by atoms with Crippen molar-refractivity contribution in [1.82, 2.24) is 24.9 Å². The van der Waals surface area contributed by atoms with Crippen molar-refractivity contribution < 1.29 is 74.9 Å². The molecule has 0 aliphatic carbocycles. The number of hydrogen-bond donors (Lipinski definition) is 4. The predicted molar refractivity (Wildman–Crippen MR) is 291 cm³/mol. The highest BCUT2D eigenvalue weighted by Crippen LogP contribution is 2.41. The zero-order chi connectivity index (χ0) is 59.2. The number of aliphatic hydroxyl groups is 1. The first-order valence-electron chi connectivity index (χ1n) is 23.0. The topological polar surface area (TPSA) is 356 Å². The molecule has 7 rings (SSSR count). The highest BCUT2D eigenvalue weighted by Gasteiger charge is 2.21. The monoisotopic (exact) mass is 1150 g/mol. The van der Waals surface area contributed by atoms with E-state index >= 15 is 0 Å². The zero-order valence-electron chi connectivity index (χ0n) is 46.3. The fourth-order valence-corrected chi connectivity index (χ4v) is 8.99. The zero-order valence-corrected chi connectivity index (χ0v) is 49.5. The molecular weight excluding hydrogens is 1080 g/mol. The highest BCUT2D eigenvalue weighted by molar-refractivity contribution is 7.87. The molecule has 4 N–H and O–H groups in total. The van der Waals surface area contributed by atoms with Crippen molar-refractivity contribution in [2.24, 2.45) is 10.2 Å². The molecular formula is C48H70N12O13S4. The number of H-pyrrole nitrogens is 2. The van der Waals surface area contributed by atoms with E-state index in [0.717, 1.165) is 72.5 Å². The number of aromatic nitrogens is 5. The Bertz CT molecular complexity index is 3730. The van der Waals surface area contributed by atoms with E-state index in [1.54, 1.807) is 0 Å². The van der Waals surface area contributed by atoms with Gasteiger partial charge in [-0.2, -0.15) is 25.2 Å². The summed E-state index contributed by atoms with van der Waals surface area (Å²) >= 11 is 0. The van der Waals surface area contributed by atoms with Crippen LogP contribution < -0.4 is 5.32 Å². The summed E-state index contributed by atoms with van der Waals surface area (Å²) in [6.45, 7) is 1.24. The molecule has 0 aliphatic rings. The molecule has 25 nitrogen and oxygen atoms in total. The van der Waals surface area contributed by atoms with E-state index in [1.807, 2.05) is 0 Å². The number of aryl methyl sites for hydroxylation is 1. The average Bonchev–Trinajstić information content (AvgIpc) is 3.21. The molecule has 7 aromatic rings. The second-order valence-corrected chi connectivity index (χ2v) is 28.3. The minimum absolute atomic E-state index is 0.000798. The van der Waals surface area contributed by atoms with E-state index in [9.17, 15) is 57.0 Å². The van der Waals surface area contributed by atoms with Gasteiger partial charge in [0.25, 0.3) is 0 Å². The lowest BCUT2D eigenvalue weighted by molar-refractivity contribution is -0.849. The molecule has 0 atom stereocenters. The predicted octanol–water partition coefficient (Wildman–Crippen LogP) is 4.40. The van der Waals surface area contributed by atoms with Crippen molar-refractivity contribution in [2.75, 3.05) is 131 Å². The summed E-state index contributed by atoms with van der Waals surface area (Å²) < 4.78 is 152. The summed E-state index contributed by atoms with van der Waals surface area (Å²) in [7, 11) is 13.0. The van der Waals surface area contributed by atoms with Crippen molar-refractivity contribution in [2.45, 2.75) is 26.5 Å². The third-order valence-electron chi connectivity index (χ3n) is 8.53. The van der Waals surface area contributed by atoms with Crippen LogP contribution in [0.4, 0.5) is 17.3 Å². The van der Waals surface area contributed by atoms with Crippen molar-refractivity contribution in [3.8, 4) is 11.1 Å². The van der Waals surface area contributed by atoms with Gasteiger partial charge in [-0.15, -0.1) is 0 Å². The Kier molecular flexibility index (Phi) is 20.7. The number of nitrogens with one attached hydrogen (secondary N) is 3. The first-order chi connectivity index (χ1) is 34.6. The molecule has 77 heavy (non-hydrogen) atoms. The molecule has 0 saturated carbocycles. The summed E-state index contributed by atoms with van der Waals surface area (Å²) in [5, 5.41) is 18.8. The smallest absolute Gasteiger partial charge is 0.233 e. The number of benzene rings is 5. The Morgan fingerprint density at radius 3 is 1.34 bits per heavy atom. The van der Waals surface area contributed by atoms with Gasteiger partial charge in [-0.1, -0.05) is 24.3 Å². The van der Waals surface area contributed by atoms with Gasteiger partial charge in [0.1, 0.15) is 40.5 Å². The Labute approximate surface area is 451 Å². The average molecular weight is 1150 g/mol. The summed E-state index contributed by atoms with van der Waals surface area (Å²) in [6.07, 6.45) is 0. The number of azo groups is 1. The van der Waals surface area contributed by atoms with Gasteiger partial charge >= 0.3 is 0 Å². The summed E-state index contributed by atoms with van der Waals surface area (Å²) in [5.41, 5.74) is -0.244. The van der Waals surface area contributed by atoms with Crippen LogP contribution in [0, 0.1) is 6.92 Å². The molecule has 2 heterocycles. The molecule has 5 aromatic carbocycles. The van der Waals surface area contributed by atoms with Crippen LogP contribution in [0.1, 0.15) is 5.56 Å². The minimum Gasteiger partial charge on any atom is -0.744 e. The van der Waals surface area contributed by atoms with Gasteiger partial charge in [-0.05, 0) is 55.0 Å². The number of rotatable bonds is 10. The second kappa shape index (κ2) is 24.4. The first-order valence-corrected chi connectivity index (χ1v) is 28.6. The Morgan fingerprint density at radius 1 is 0.519 bits per heavy atom. The van der Waals surface area contributed by atoms with Crippen molar-refractivity contribution in [3.05, 3.63) is 72.3 Å². The van der Waals surface area contributed by atoms with Crippen molar-refractivity contribution in [1.29, 1.82) is 0 Å². The molecule has 0 amide bonds. The first kappa shape index (κ1) is 65.4. The quantitative estimate of drug-likeness (QED) is 0.0837. The largest absolute Gasteiger partial charge is 0.744 e. The van der Waals surface area contributed by atoms with Crippen molar-refractivity contribution >= 4 is 102 Å². The Hall–Kier alpha value is -5.93. The summed E-state index contributed by atoms with van der Waals surface area (Å²) in [6, 6.07) is 11.7. The van der Waals surface area contributed by atoms with Gasteiger partial charge in [0.2, 0.25) is 17.5 Å². The van der Waals surface area contributed by atoms with Crippen LogP contribution in [0.5, 0.6) is 0 Å². The van der Waals surface area contributed by atoms with Crippen LogP contribution in [0.25, 0.3) is 55.3 Å². The minimum atomic E-state index is -5.33. The number of quaternary nitrogens is 4. The molecule has 2 aromatic heterocycles. The summed E-state index contributed by atoms with van der Waals surface area (Å²) in [5.74, 6) is -0.273. The van der Waals surface area contributed by atoms with E-state index in [-0.39, 0.29) is 80.5 Å². The van der Waals surface area contributed by atoms with E-state index in [4.69, 9.17) is 0 Å². The fourth-order valence-electron chi connectivity index (χ4n) is 6.19. The SMILES string of the molecule is C[N+](C)(C)C.C[N+](C)(C)C.C[N+](C)(C)C.C[N+](C)(C)C.Cc1c(N=Nc2cc(S(=O)(=O)[O-])c3cccc(S(=O)(=O)[O-])c3c2)cc2[nH]c3nc(NCCO)nc(n3)[nH]c1c2-c1cc(S(=O)(=O)[O-])c2cccc(S(=O)(=O)[O-])c2c1. The number of nitrogens with zero attached hydrogens (tertiary/aromatic N) is 9. The van der Waals surface area contributed by atoms with Crippen LogP contribution in [0.3, 0.4) is 0 Å². The molecule has 0 saturated heterocycles. The number of aliphatic hydroxyl groups excluding tert-OH is 1. The molecule has 0 aliphatic heterocycles. The van der Waals surface area contributed by atoms with E-state index in [0.29, 0.717) is 0 Å². The molecule has 0 spiro atoms. The summed E-state index contributed by atoms with van der Waals surface area (Å²) in [4.78, 5) is 15.3. The van der Waals surface area contributed by atoms with Gasteiger partial charge in [0.15, 0.2) is 0 Å². The number of aromatic amines is 2. The Balaban J connectivity index is 0.000000666. The second-order valence-electron chi connectivity index (χ2n) is 22.9. The van der Waals surface area contributed by atoms with Crippen LogP contribution in [0.2, 0.25) is 0 Å². The van der Waals surface area contributed by atoms with E-state index in [2.05, 4.69) is 153 Å².